The Balaban J connectivity index is 2.16. The zero-order valence-corrected chi connectivity index (χ0v) is 9.81. The molecule has 0 saturated carbocycles. The first kappa shape index (κ1) is 11.5. The van der Waals surface area contributed by atoms with Crippen LogP contribution in [-0.2, 0) is 0 Å². The average Bonchev–Trinajstić information content (AvgIpc) is 2.28. The maximum Gasteiger partial charge on any atom is 0.125 e. The van der Waals surface area contributed by atoms with Gasteiger partial charge in [0.2, 0.25) is 0 Å². The van der Waals surface area contributed by atoms with Crippen LogP contribution in [0, 0.1) is 12.7 Å². The van der Waals surface area contributed by atoms with E-state index < -0.39 is 0 Å². The lowest BCUT2D eigenvalue weighted by atomic mass is 10.2. The number of benzene rings is 1. The number of halogens is 1. The molecule has 0 radical (unpaired) electrons. The zero-order chi connectivity index (χ0) is 12.3. The second kappa shape index (κ2) is 4.91. The van der Waals surface area contributed by atoms with Crippen LogP contribution in [0.3, 0.4) is 0 Å². The highest BCUT2D eigenvalue weighted by Crippen LogP contribution is 2.19. The number of nitrogens with one attached hydrogen (secondary N) is 1. The summed E-state index contributed by atoms with van der Waals surface area (Å²) in [7, 11) is 0. The van der Waals surface area contributed by atoms with Gasteiger partial charge in [0, 0.05) is 18.1 Å². The van der Waals surface area contributed by atoms with Crippen LogP contribution in [0.2, 0.25) is 0 Å². The first-order valence-corrected chi connectivity index (χ1v) is 5.45. The quantitative estimate of drug-likeness (QED) is 0.882. The van der Waals surface area contributed by atoms with Crippen molar-refractivity contribution in [3.8, 4) is 0 Å². The molecule has 0 saturated heterocycles. The summed E-state index contributed by atoms with van der Waals surface area (Å²) in [5, 5.41) is 3.20. The van der Waals surface area contributed by atoms with E-state index in [2.05, 4.69) is 15.3 Å². The SMILES string of the molecule is Cc1cc(F)cc(NC(C)c2cnccn2)c1. The molecule has 1 N–H and O–H groups in total. The van der Waals surface area contributed by atoms with Crippen LogP contribution in [0.25, 0.3) is 0 Å². The molecule has 0 aliphatic heterocycles. The van der Waals surface area contributed by atoms with Crippen molar-refractivity contribution in [2.75, 3.05) is 5.32 Å². The maximum absolute atomic E-state index is 13.2. The second-order valence-electron chi connectivity index (χ2n) is 4.01. The van der Waals surface area contributed by atoms with Crippen molar-refractivity contribution in [3.63, 3.8) is 0 Å². The van der Waals surface area contributed by atoms with Gasteiger partial charge in [-0.05, 0) is 37.6 Å². The maximum atomic E-state index is 13.2. The Kier molecular flexibility index (Phi) is 3.32. The summed E-state index contributed by atoms with van der Waals surface area (Å²) in [5.74, 6) is -0.237. The number of aromatic nitrogens is 2. The highest BCUT2D eigenvalue weighted by Gasteiger charge is 2.07. The van der Waals surface area contributed by atoms with Crippen molar-refractivity contribution < 1.29 is 4.39 Å². The fourth-order valence-electron chi connectivity index (χ4n) is 1.68. The summed E-state index contributed by atoms with van der Waals surface area (Å²) in [6, 6.07) is 4.86. The van der Waals surface area contributed by atoms with Gasteiger partial charge >= 0.3 is 0 Å². The van der Waals surface area contributed by atoms with Gasteiger partial charge in [0.15, 0.2) is 0 Å². The van der Waals surface area contributed by atoms with Crippen molar-refractivity contribution >= 4 is 5.69 Å². The summed E-state index contributed by atoms with van der Waals surface area (Å²) in [5.41, 5.74) is 2.47. The fourth-order valence-corrected chi connectivity index (χ4v) is 1.68. The van der Waals surface area contributed by atoms with E-state index in [-0.39, 0.29) is 11.9 Å². The fraction of sp³-hybridized carbons (Fsp3) is 0.231. The van der Waals surface area contributed by atoms with Gasteiger partial charge in [0.1, 0.15) is 5.82 Å². The molecule has 0 amide bonds. The standard InChI is InChI=1S/C13H14FN3/c1-9-5-11(14)7-12(6-9)17-10(2)13-8-15-3-4-16-13/h3-8,10,17H,1-2H3. The molecular weight excluding hydrogens is 217 g/mol. The Bertz CT molecular complexity index is 479. The molecule has 2 rings (SSSR count). The van der Waals surface area contributed by atoms with E-state index in [9.17, 15) is 4.39 Å². The van der Waals surface area contributed by atoms with Gasteiger partial charge in [0.05, 0.1) is 17.9 Å². The highest BCUT2D eigenvalue weighted by atomic mass is 19.1. The van der Waals surface area contributed by atoms with E-state index in [1.807, 2.05) is 19.9 Å². The van der Waals surface area contributed by atoms with Crippen LogP contribution in [-0.4, -0.2) is 9.97 Å². The number of anilines is 1. The largest absolute Gasteiger partial charge is 0.377 e. The van der Waals surface area contributed by atoms with Gasteiger partial charge in [-0.1, -0.05) is 0 Å². The molecule has 0 fully saturated rings. The Morgan fingerprint density at radius 3 is 2.71 bits per heavy atom. The third-order valence-corrected chi connectivity index (χ3v) is 2.45. The Morgan fingerprint density at radius 2 is 2.06 bits per heavy atom. The summed E-state index contributed by atoms with van der Waals surface area (Å²) in [4.78, 5) is 8.21. The third-order valence-electron chi connectivity index (χ3n) is 2.45. The molecule has 88 valence electrons. The molecule has 4 heteroatoms. The topological polar surface area (TPSA) is 37.8 Å². The van der Waals surface area contributed by atoms with Crippen molar-refractivity contribution in [1.29, 1.82) is 0 Å². The lowest BCUT2D eigenvalue weighted by Crippen LogP contribution is -2.08. The number of nitrogens with zero attached hydrogens (tertiary/aromatic N) is 2. The van der Waals surface area contributed by atoms with Crippen molar-refractivity contribution in [1.82, 2.24) is 9.97 Å². The van der Waals surface area contributed by atoms with Crippen LogP contribution < -0.4 is 5.32 Å². The van der Waals surface area contributed by atoms with Crippen LogP contribution in [0.4, 0.5) is 10.1 Å². The predicted octanol–water partition coefficient (Wildman–Crippen LogP) is 3.10. The molecule has 0 aliphatic rings. The third kappa shape index (κ3) is 3.00. The summed E-state index contributed by atoms with van der Waals surface area (Å²) in [6.45, 7) is 3.82. The smallest absolute Gasteiger partial charge is 0.125 e. The van der Waals surface area contributed by atoms with Gasteiger partial charge in [-0.3, -0.25) is 9.97 Å². The van der Waals surface area contributed by atoms with Crippen LogP contribution in [0.15, 0.2) is 36.8 Å². The van der Waals surface area contributed by atoms with E-state index in [0.717, 1.165) is 16.9 Å². The highest BCUT2D eigenvalue weighted by molar-refractivity contribution is 5.47. The molecule has 17 heavy (non-hydrogen) atoms. The molecule has 2 aromatic rings. The minimum atomic E-state index is -0.237. The molecule has 0 bridgehead atoms. The normalized spacial score (nSPS) is 12.2. The van der Waals surface area contributed by atoms with Gasteiger partial charge in [-0.15, -0.1) is 0 Å². The number of hydrogen-bond donors (Lipinski definition) is 1. The molecule has 3 nitrogen and oxygen atoms in total. The van der Waals surface area contributed by atoms with E-state index >= 15 is 0 Å². The van der Waals surface area contributed by atoms with Crippen LogP contribution in [0.5, 0.6) is 0 Å². The summed E-state index contributed by atoms with van der Waals surface area (Å²) >= 11 is 0. The first-order valence-electron chi connectivity index (χ1n) is 5.45. The van der Waals surface area contributed by atoms with Crippen molar-refractivity contribution in [2.45, 2.75) is 19.9 Å². The lowest BCUT2D eigenvalue weighted by Gasteiger charge is -2.14. The molecule has 1 atom stereocenters. The average molecular weight is 231 g/mol. The molecule has 0 spiro atoms. The second-order valence-corrected chi connectivity index (χ2v) is 4.01. The molecule has 0 aliphatic carbocycles. The predicted molar refractivity (Wildman–Crippen MR) is 65.2 cm³/mol. The molecular formula is C13H14FN3. The number of aryl methyl sites for hydroxylation is 1. The van der Waals surface area contributed by atoms with Gasteiger partial charge in [-0.2, -0.15) is 0 Å². The Morgan fingerprint density at radius 1 is 1.24 bits per heavy atom. The monoisotopic (exact) mass is 231 g/mol. The van der Waals surface area contributed by atoms with Crippen LogP contribution in [0.1, 0.15) is 24.2 Å². The van der Waals surface area contributed by atoms with Crippen LogP contribution >= 0.6 is 0 Å². The minimum absolute atomic E-state index is 0.00935. The van der Waals surface area contributed by atoms with E-state index in [4.69, 9.17) is 0 Å². The molecule has 1 aromatic carbocycles. The molecule has 1 heterocycles. The Labute approximate surface area is 99.7 Å². The first-order chi connectivity index (χ1) is 8.15. The number of hydrogen-bond acceptors (Lipinski definition) is 3. The summed E-state index contributed by atoms with van der Waals surface area (Å²) < 4.78 is 13.2. The minimum Gasteiger partial charge on any atom is -0.377 e. The van der Waals surface area contributed by atoms with Gasteiger partial charge in [-0.25, -0.2) is 4.39 Å². The lowest BCUT2D eigenvalue weighted by molar-refractivity contribution is 0.626. The number of rotatable bonds is 3. The zero-order valence-electron chi connectivity index (χ0n) is 9.81. The summed E-state index contributed by atoms with van der Waals surface area (Å²) in [6.07, 6.45) is 4.97. The molecule has 1 unspecified atom stereocenters. The van der Waals surface area contributed by atoms with Gasteiger partial charge in [0.25, 0.3) is 0 Å². The van der Waals surface area contributed by atoms with E-state index in [0.29, 0.717) is 0 Å². The van der Waals surface area contributed by atoms with Gasteiger partial charge < -0.3 is 5.32 Å². The Hall–Kier alpha value is -1.97. The van der Waals surface area contributed by atoms with Crippen molar-refractivity contribution in [2.24, 2.45) is 0 Å². The molecule has 1 aromatic heterocycles. The van der Waals surface area contributed by atoms with E-state index in [1.165, 1.54) is 12.1 Å². The van der Waals surface area contributed by atoms with Crippen molar-refractivity contribution in [3.05, 3.63) is 53.9 Å². The van der Waals surface area contributed by atoms with E-state index in [1.54, 1.807) is 18.6 Å².